The number of hydrogen-bond donors (Lipinski definition) is 1. The van der Waals surface area contributed by atoms with Gasteiger partial charge in [0.1, 0.15) is 0 Å². The van der Waals surface area contributed by atoms with Crippen molar-refractivity contribution in [2.45, 2.75) is 61.6 Å². The number of carbonyl (C=O) groups is 1. The predicted molar refractivity (Wildman–Crippen MR) is 118 cm³/mol. The van der Waals surface area contributed by atoms with E-state index in [2.05, 4.69) is 24.1 Å². The zero-order valence-corrected chi connectivity index (χ0v) is 19.5. The zero-order valence-electron chi connectivity index (χ0n) is 17.9. The van der Waals surface area contributed by atoms with E-state index in [9.17, 15) is 13.2 Å². The van der Waals surface area contributed by atoms with E-state index in [0.717, 1.165) is 32.4 Å². The number of morpholine rings is 1. The lowest BCUT2D eigenvalue weighted by molar-refractivity contribution is -0.124. The summed E-state index contributed by atoms with van der Waals surface area (Å²) in [5, 5.41) is 3.50. The Labute approximate surface area is 185 Å². The lowest BCUT2D eigenvalue weighted by atomic mass is 10.0. The van der Waals surface area contributed by atoms with Crippen LogP contribution < -0.4 is 5.32 Å². The average molecular weight is 457 g/mol. The van der Waals surface area contributed by atoms with Crippen LogP contribution in [0, 0.1) is 5.92 Å². The van der Waals surface area contributed by atoms with Crippen molar-refractivity contribution in [3.05, 3.63) is 29.3 Å². The Morgan fingerprint density at radius 3 is 2.33 bits per heavy atom. The Hall–Kier alpha value is -1.15. The summed E-state index contributed by atoms with van der Waals surface area (Å²) in [6.07, 6.45) is 3.13. The molecule has 1 aliphatic carbocycles. The second-order valence-corrected chi connectivity index (χ2v) is 11.5. The Morgan fingerprint density at radius 2 is 1.77 bits per heavy atom. The molecule has 1 N–H and O–H groups in total. The number of rotatable bonds is 8. The van der Waals surface area contributed by atoms with Crippen molar-refractivity contribution in [1.29, 1.82) is 0 Å². The highest BCUT2D eigenvalue weighted by Gasteiger charge is 2.52. The summed E-state index contributed by atoms with van der Waals surface area (Å²) in [7, 11) is -3.82. The molecule has 1 aromatic carbocycles. The maximum Gasteiger partial charge on any atom is 0.241 e. The van der Waals surface area contributed by atoms with Gasteiger partial charge in [-0.25, -0.2) is 8.42 Å². The summed E-state index contributed by atoms with van der Waals surface area (Å²) in [6.45, 7) is 7.84. The van der Waals surface area contributed by atoms with E-state index in [4.69, 9.17) is 16.3 Å². The first-order valence-electron chi connectivity index (χ1n) is 10.9. The number of amides is 1. The summed E-state index contributed by atoms with van der Waals surface area (Å²) < 4.78 is 31.1. The Kier molecular flexibility index (Phi) is 7.82. The number of sulfone groups is 1. The first-order chi connectivity index (χ1) is 14.3. The van der Waals surface area contributed by atoms with Crippen LogP contribution in [-0.4, -0.2) is 62.9 Å². The molecule has 0 spiro atoms. The van der Waals surface area contributed by atoms with Crippen LogP contribution in [0.3, 0.4) is 0 Å². The van der Waals surface area contributed by atoms with E-state index in [1.54, 1.807) is 12.1 Å². The molecule has 1 heterocycles. The van der Waals surface area contributed by atoms with Crippen molar-refractivity contribution in [2.75, 3.05) is 32.8 Å². The lowest BCUT2D eigenvalue weighted by Gasteiger charge is -2.36. The first kappa shape index (κ1) is 23.5. The number of ether oxygens (including phenoxy) is 1. The minimum atomic E-state index is -3.82. The standard InChI is InChI=1S/C22H33ClN2O4S/c1-17(2)15-19(25-11-13-29-14-12-25)16-24-21(26)22(9-3-4-10-22)30(27,28)20-7-5-18(23)6-8-20/h5-8,17,19H,3-4,9-16H2,1-2H3,(H,24,26). The molecule has 1 amide bonds. The monoisotopic (exact) mass is 456 g/mol. The van der Waals surface area contributed by atoms with Crippen molar-refractivity contribution in [1.82, 2.24) is 10.2 Å². The van der Waals surface area contributed by atoms with E-state index in [-0.39, 0.29) is 16.8 Å². The highest BCUT2D eigenvalue weighted by Crippen LogP contribution is 2.41. The van der Waals surface area contributed by atoms with Gasteiger partial charge in [-0.3, -0.25) is 9.69 Å². The molecule has 8 heteroatoms. The quantitative estimate of drug-likeness (QED) is 0.649. The number of carbonyl (C=O) groups excluding carboxylic acids is 1. The number of hydrogen-bond acceptors (Lipinski definition) is 5. The SMILES string of the molecule is CC(C)CC(CNC(=O)C1(S(=O)(=O)c2ccc(Cl)cc2)CCCC1)N1CCOCC1. The maximum absolute atomic E-state index is 13.5. The van der Waals surface area contributed by atoms with Gasteiger partial charge in [0.15, 0.2) is 14.6 Å². The summed E-state index contributed by atoms with van der Waals surface area (Å²) in [5.74, 6) is 0.116. The fourth-order valence-electron chi connectivity index (χ4n) is 4.62. The minimum Gasteiger partial charge on any atom is -0.379 e. The Morgan fingerprint density at radius 1 is 1.17 bits per heavy atom. The van der Waals surface area contributed by atoms with Crippen LogP contribution in [0.1, 0.15) is 46.0 Å². The van der Waals surface area contributed by atoms with Crippen LogP contribution in [-0.2, 0) is 19.4 Å². The average Bonchev–Trinajstić information content (AvgIpc) is 3.23. The molecule has 1 atom stereocenters. The highest BCUT2D eigenvalue weighted by atomic mass is 35.5. The van der Waals surface area contributed by atoms with Crippen LogP contribution in [0.4, 0.5) is 0 Å². The molecule has 1 unspecified atom stereocenters. The lowest BCUT2D eigenvalue weighted by Crippen LogP contribution is -2.55. The second kappa shape index (κ2) is 9.98. The number of benzene rings is 1. The van der Waals surface area contributed by atoms with Gasteiger partial charge in [0, 0.05) is 30.7 Å². The van der Waals surface area contributed by atoms with Gasteiger partial charge in [-0.05, 0) is 49.4 Å². The molecule has 168 valence electrons. The van der Waals surface area contributed by atoms with Gasteiger partial charge in [0.2, 0.25) is 5.91 Å². The molecule has 6 nitrogen and oxygen atoms in total. The third-order valence-electron chi connectivity index (χ3n) is 6.27. The maximum atomic E-state index is 13.5. The van der Waals surface area contributed by atoms with Crippen LogP contribution in [0.5, 0.6) is 0 Å². The molecule has 2 aliphatic rings. The topological polar surface area (TPSA) is 75.7 Å². The summed E-state index contributed by atoms with van der Waals surface area (Å²) in [4.78, 5) is 15.9. The molecule has 1 saturated heterocycles. The molecular formula is C22H33ClN2O4S. The van der Waals surface area contributed by atoms with Gasteiger partial charge in [-0.2, -0.15) is 0 Å². The van der Waals surface area contributed by atoms with Crippen molar-refractivity contribution >= 4 is 27.3 Å². The summed E-state index contributed by atoms with van der Waals surface area (Å²) in [5.41, 5.74) is 0. The van der Waals surface area contributed by atoms with Crippen molar-refractivity contribution in [3.8, 4) is 0 Å². The van der Waals surface area contributed by atoms with Crippen molar-refractivity contribution < 1.29 is 17.9 Å². The third-order valence-corrected chi connectivity index (χ3v) is 9.03. The molecule has 30 heavy (non-hydrogen) atoms. The number of nitrogens with zero attached hydrogens (tertiary/aromatic N) is 1. The highest BCUT2D eigenvalue weighted by molar-refractivity contribution is 7.93. The normalized spacial score (nSPS) is 20.9. The van der Waals surface area contributed by atoms with Crippen LogP contribution >= 0.6 is 11.6 Å². The fraction of sp³-hybridized carbons (Fsp3) is 0.682. The van der Waals surface area contributed by atoms with Gasteiger partial charge in [-0.15, -0.1) is 0 Å². The fourth-order valence-corrected chi connectivity index (χ4v) is 6.84. The predicted octanol–water partition coefficient (Wildman–Crippen LogP) is 3.29. The van der Waals surface area contributed by atoms with E-state index >= 15 is 0 Å². The van der Waals surface area contributed by atoms with Gasteiger partial charge in [-0.1, -0.05) is 38.3 Å². The largest absolute Gasteiger partial charge is 0.379 e. The van der Waals surface area contributed by atoms with Gasteiger partial charge >= 0.3 is 0 Å². The molecule has 0 bridgehead atoms. The van der Waals surface area contributed by atoms with E-state index in [0.29, 0.717) is 43.5 Å². The molecule has 0 radical (unpaired) electrons. The third kappa shape index (κ3) is 5.01. The van der Waals surface area contributed by atoms with Crippen LogP contribution in [0.25, 0.3) is 0 Å². The molecule has 1 aromatic rings. The molecule has 3 rings (SSSR count). The van der Waals surface area contributed by atoms with Gasteiger partial charge < -0.3 is 10.1 Å². The molecule has 0 aromatic heterocycles. The zero-order chi connectivity index (χ0) is 21.8. The second-order valence-electron chi connectivity index (χ2n) is 8.80. The molecular weight excluding hydrogens is 424 g/mol. The number of halogens is 1. The Bertz CT molecular complexity index is 814. The van der Waals surface area contributed by atoms with Crippen molar-refractivity contribution in [3.63, 3.8) is 0 Å². The van der Waals surface area contributed by atoms with Crippen LogP contribution in [0.15, 0.2) is 29.2 Å². The molecule has 1 aliphatic heterocycles. The van der Waals surface area contributed by atoms with E-state index in [1.165, 1.54) is 12.1 Å². The summed E-state index contributed by atoms with van der Waals surface area (Å²) in [6, 6.07) is 6.30. The van der Waals surface area contributed by atoms with Crippen molar-refractivity contribution in [2.24, 2.45) is 5.92 Å². The first-order valence-corrected chi connectivity index (χ1v) is 12.7. The van der Waals surface area contributed by atoms with Gasteiger partial charge in [0.05, 0.1) is 18.1 Å². The molecule has 2 fully saturated rings. The van der Waals surface area contributed by atoms with Crippen LogP contribution in [0.2, 0.25) is 5.02 Å². The number of nitrogens with one attached hydrogen (secondary N) is 1. The van der Waals surface area contributed by atoms with Gasteiger partial charge in [0.25, 0.3) is 0 Å². The van der Waals surface area contributed by atoms with E-state index < -0.39 is 14.6 Å². The van der Waals surface area contributed by atoms with E-state index in [1.807, 2.05) is 0 Å². The Balaban J connectivity index is 1.78. The summed E-state index contributed by atoms with van der Waals surface area (Å²) >= 11 is 5.93. The smallest absolute Gasteiger partial charge is 0.241 e. The molecule has 1 saturated carbocycles. The minimum absolute atomic E-state index is 0.163.